The molecule has 0 unspecified atom stereocenters. The molecule has 0 saturated heterocycles. The molecule has 0 bridgehead atoms. The summed E-state index contributed by atoms with van der Waals surface area (Å²) in [6.45, 7) is 13.3. The Morgan fingerprint density at radius 2 is 1.91 bits per heavy atom. The van der Waals surface area contributed by atoms with Crippen molar-refractivity contribution in [3.63, 3.8) is 0 Å². The number of carbonyl (C=O) groups is 1. The summed E-state index contributed by atoms with van der Waals surface area (Å²) in [5.74, 6) is 0. The zero-order valence-corrected chi connectivity index (χ0v) is 15.2. The number of aromatic nitrogens is 2. The van der Waals surface area contributed by atoms with Crippen molar-refractivity contribution in [3.8, 4) is 0 Å². The fourth-order valence-corrected chi connectivity index (χ4v) is 2.40. The van der Waals surface area contributed by atoms with Crippen molar-refractivity contribution in [2.45, 2.75) is 66.4 Å². The first-order valence-electron chi connectivity index (χ1n) is 8.12. The molecule has 1 aromatic rings. The van der Waals surface area contributed by atoms with Gasteiger partial charge in [-0.2, -0.15) is 5.10 Å². The van der Waals surface area contributed by atoms with Crippen molar-refractivity contribution in [1.29, 1.82) is 0 Å². The SMILES string of the molecule is CCCCN(CCc1c(C)nn(C)c1C)C(=O)OC(C)(C)C. The summed E-state index contributed by atoms with van der Waals surface area (Å²) >= 11 is 0. The lowest BCUT2D eigenvalue weighted by Gasteiger charge is -2.27. The predicted octanol–water partition coefficient (Wildman–Crippen LogP) is 3.62. The van der Waals surface area contributed by atoms with Crippen molar-refractivity contribution < 1.29 is 9.53 Å². The van der Waals surface area contributed by atoms with E-state index in [-0.39, 0.29) is 6.09 Å². The Labute approximate surface area is 134 Å². The van der Waals surface area contributed by atoms with Crippen LogP contribution >= 0.6 is 0 Å². The number of rotatable bonds is 6. The summed E-state index contributed by atoms with van der Waals surface area (Å²) in [5.41, 5.74) is 2.98. The van der Waals surface area contributed by atoms with Gasteiger partial charge < -0.3 is 9.64 Å². The fraction of sp³-hybridized carbons (Fsp3) is 0.765. The Morgan fingerprint density at radius 3 is 2.36 bits per heavy atom. The molecule has 1 aromatic heterocycles. The Balaban J connectivity index is 2.74. The number of hydrogen-bond donors (Lipinski definition) is 0. The molecule has 0 aromatic carbocycles. The molecule has 126 valence electrons. The van der Waals surface area contributed by atoms with E-state index in [1.165, 1.54) is 5.56 Å². The van der Waals surface area contributed by atoms with Crippen LogP contribution in [-0.2, 0) is 18.2 Å². The van der Waals surface area contributed by atoms with Crippen LogP contribution in [0.1, 0.15) is 57.5 Å². The molecule has 0 atom stereocenters. The van der Waals surface area contributed by atoms with Gasteiger partial charge in [-0.15, -0.1) is 0 Å². The Kier molecular flexibility index (Phi) is 6.45. The van der Waals surface area contributed by atoms with Crippen LogP contribution in [0.5, 0.6) is 0 Å². The lowest BCUT2D eigenvalue weighted by atomic mass is 10.1. The summed E-state index contributed by atoms with van der Waals surface area (Å²) in [6.07, 6.45) is 2.64. The van der Waals surface area contributed by atoms with Crippen LogP contribution in [-0.4, -0.2) is 39.5 Å². The number of nitrogens with zero attached hydrogens (tertiary/aromatic N) is 3. The first-order chi connectivity index (χ1) is 10.2. The minimum Gasteiger partial charge on any atom is -0.444 e. The standard InChI is InChI=1S/C17H31N3O2/c1-8-9-11-20(16(21)22-17(4,5)6)12-10-15-13(2)18-19(7)14(15)3/h8-12H2,1-7H3. The normalized spacial score (nSPS) is 11.6. The van der Waals surface area contributed by atoms with Gasteiger partial charge in [-0.25, -0.2) is 4.79 Å². The van der Waals surface area contributed by atoms with Crippen LogP contribution < -0.4 is 0 Å². The molecule has 5 heteroatoms. The highest BCUT2D eigenvalue weighted by Gasteiger charge is 2.22. The maximum Gasteiger partial charge on any atom is 0.410 e. The second-order valence-corrected chi connectivity index (χ2v) is 6.84. The zero-order valence-electron chi connectivity index (χ0n) is 15.2. The van der Waals surface area contributed by atoms with Gasteiger partial charge in [0, 0.05) is 25.8 Å². The molecule has 0 saturated carbocycles. The van der Waals surface area contributed by atoms with Gasteiger partial charge in [0.25, 0.3) is 0 Å². The third-order valence-corrected chi connectivity index (χ3v) is 3.72. The molecule has 0 aliphatic carbocycles. The largest absolute Gasteiger partial charge is 0.444 e. The van der Waals surface area contributed by atoms with E-state index >= 15 is 0 Å². The first-order valence-corrected chi connectivity index (χ1v) is 8.12. The van der Waals surface area contributed by atoms with Crippen molar-refractivity contribution in [2.75, 3.05) is 13.1 Å². The molecule has 1 amide bonds. The molecule has 0 N–H and O–H groups in total. The number of hydrogen-bond acceptors (Lipinski definition) is 3. The van der Waals surface area contributed by atoms with Crippen LogP contribution in [0.25, 0.3) is 0 Å². The second-order valence-electron chi connectivity index (χ2n) is 6.84. The highest BCUT2D eigenvalue weighted by atomic mass is 16.6. The number of ether oxygens (including phenoxy) is 1. The maximum atomic E-state index is 12.3. The third kappa shape index (κ3) is 5.35. The smallest absolute Gasteiger partial charge is 0.410 e. The van der Waals surface area contributed by atoms with Gasteiger partial charge in [0.2, 0.25) is 0 Å². The predicted molar refractivity (Wildman–Crippen MR) is 89.1 cm³/mol. The van der Waals surface area contributed by atoms with Gasteiger partial charge in [0.05, 0.1) is 5.69 Å². The quantitative estimate of drug-likeness (QED) is 0.806. The van der Waals surface area contributed by atoms with E-state index in [1.807, 2.05) is 44.3 Å². The van der Waals surface area contributed by atoms with Gasteiger partial charge >= 0.3 is 6.09 Å². The number of unbranched alkanes of at least 4 members (excludes halogenated alkanes) is 1. The van der Waals surface area contributed by atoms with E-state index in [4.69, 9.17) is 4.74 Å². The minimum absolute atomic E-state index is 0.222. The van der Waals surface area contributed by atoms with Crippen LogP contribution in [0.3, 0.4) is 0 Å². The molecule has 1 rings (SSSR count). The van der Waals surface area contributed by atoms with E-state index in [9.17, 15) is 4.79 Å². The van der Waals surface area contributed by atoms with E-state index < -0.39 is 5.60 Å². The van der Waals surface area contributed by atoms with Crippen LogP contribution in [0.2, 0.25) is 0 Å². The van der Waals surface area contributed by atoms with Crippen LogP contribution in [0.4, 0.5) is 4.79 Å². The molecule has 0 aliphatic rings. The minimum atomic E-state index is -0.457. The van der Waals surface area contributed by atoms with E-state index in [2.05, 4.69) is 18.9 Å². The summed E-state index contributed by atoms with van der Waals surface area (Å²) in [6, 6.07) is 0. The molecule has 0 spiro atoms. The lowest BCUT2D eigenvalue weighted by molar-refractivity contribution is 0.0249. The van der Waals surface area contributed by atoms with Gasteiger partial charge in [0.15, 0.2) is 0 Å². The molecule has 0 radical (unpaired) electrons. The summed E-state index contributed by atoms with van der Waals surface area (Å²) in [7, 11) is 1.95. The van der Waals surface area contributed by atoms with Gasteiger partial charge in [-0.3, -0.25) is 4.68 Å². The molecule has 0 fully saturated rings. The van der Waals surface area contributed by atoms with Crippen molar-refractivity contribution in [2.24, 2.45) is 7.05 Å². The Hall–Kier alpha value is -1.52. The van der Waals surface area contributed by atoms with Crippen LogP contribution in [0.15, 0.2) is 0 Å². The van der Waals surface area contributed by atoms with E-state index in [1.54, 1.807) is 0 Å². The topological polar surface area (TPSA) is 47.4 Å². The molecular formula is C17H31N3O2. The lowest BCUT2D eigenvalue weighted by Crippen LogP contribution is -2.38. The first kappa shape index (κ1) is 18.5. The monoisotopic (exact) mass is 309 g/mol. The maximum absolute atomic E-state index is 12.3. The highest BCUT2D eigenvalue weighted by molar-refractivity contribution is 5.68. The van der Waals surface area contributed by atoms with Gasteiger partial charge in [-0.05, 0) is 53.0 Å². The van der Waals surface area contributed by atoms with Crippen molar-refractivity contribution in [1.82, 2.24) is 14.7 Å². The zero-order chi connectivity index (χ0) is 16.9. The molecule has 0 aliphatic heterocycles. The number of aryl methyl sites for hydroxylation is 2. The van der Waals surface area contributed by atoms with Gasteiger partial charge in [0.1, 0.15) is 5.60 Å². The molecule has 1 heterocycles. The van der Waals surface area contributed by atoms with E-state index in [0.29, 0.717) is 6.54 Å². The fourth-order valence-electron chi connectivity index (χ4n) is 2.40. The second kappa shape index (κ2) is 7.65. The molecular weight excluding hydrogens is 278 g/mol. The summed E-state index contributed by atoms with van der Waals surface area (Å²) in [4.78, 5) is 14.2. The van der Waals surface area contributed by atoms with E-state index in [0.717, 1.165) is 37.2 Å². The number of amides is 1. The van der Waals surface area contributed by atoms with Crippen molar-refractivity contribution in [3.05, 3.63) is 17.0 Å². The Morgan fingerprint density at radius 1 is 1.27 bits per heavy atom. The summed E-state index contributed by atoms with van der Waals surface area (Å²) in [5, 5.41) is 4.44. The average Bonchev–Trinajstić information content (AvgIpc) is 2.62. The highest BCUT2D eigenvalue weighted by Crippen LogP contribution is 2.15. The summed E-state index contributed by atoms with van der Waals surface area (Å²) < 4.78 is 7.41. The molecule has 5 nitrogen and oxygen atoms in total. The van der Waals surface area contributed by atoms with Crippen LogP contribution in [0, 0.1) is 13.8 Å². The number of carbonyl (C=O) groups excluding carboxylic acids is 1. The third-order valence-electron chi connectivity index (χ3n) is 3.72. The van der Waals surface area contributed by atoms with Crippen molar-refractivity contribution >= 4 is 6.09 Å². The Bertz CT molecular complexity index is 501. The van der Waals surface area contributed by atoms with Gasteiger partial charge in [-0.1, -0.05) is 13.3 Å². The average molecular weight is 309 g/mol. The molecule has 22 heavy (non-hydrogen) atoms.